The van der Waals surface area contributed by atoms with Crippen LogP contribution in [0.15, 0.2) is 43.5 Å². The number of hydrogen-bond donors (Lipinski definition) is 0. The molecule has 0 spiro atoms. The third-order valence-corrected chi connectivity index (χ3v) is 6.63. The van der Waals surface area contributed by atoms with Gasteiger partial charge in [0, 0.05) is 5.56 Å². The highest BCUT2D eigenvalue weighted by Crippen LogP contribution is 2.44. The van der Waals surface area contributed by atoms with Gasteiger partial charge in [-0.2, -0.15) is 0 Å². The minimum Gasteiger partial charge on any atom is -0.373 e. The Labute approximate surface area is 158 Å². The van der Waals surface area contributed by atoms with Crippen LogP contribution >= 0.6 is 0 Å². The predicted molar refractivity (Wildman–Crippen MR) is 107 cm³/mol. The highest BCUT2D eigenvalue weighted by atomic mass is 19.1. The van der Waals surface area contributed by atoms with Crippen LogP contribution in [0.3, 0.4) is 0 Å². The number of hydrogen-bond acceptors (Lipinski definition) is 1. The third-order valence-electron chi connectivity index (χ3n) is 6.63. The average molecular weight is 357 g/mol. The summed E-state index contributed by atoms with van der Waals surface area (Å²) in [5.74, 6) is 2.94. The van der Waals surface area contributed by atoms with Gasteiger partial charge >= 0.3 is 0 Å². The van der Waals surface area contributed by atoms with E-state index in [0.29, 0.717) is 24.7 Å². The molecule has 142 valence electrons. The van der Waals surface area contributed by atoms with Crippen LogP contribution in [-0.4, -0.2) is 6.61 Å². The van der Waals surface area contributed by atoms with Crippen molar-refractivity contribution < 1.29 is 9.13 Å². The van der Waals surface area contributed by atoms with Crippen LogP contribution in [0.25, 0.3) is 0 Å². The molecule has 0 radical (unpaired) electrons. The Hall–Kier alpha value is -1.41. The molecule has 0 saturated heterocycles. The molecule has 0 unspecified atom stereocenters. The maximum Gasteiger partial charge on any atom is 0.129 e. The van der Waals surface area contributed by atoms with Gasteiger partial charge in [0.25, 0.3) is 0 Å². The number of allylic oxidation sites excluding steroid dienone is 1. The first-order valence-electron chi connectivity index (χ1n) is 10.3. The Kier molecular flexibility index (Phi) is 7.07. The smallest absolute Gasteiger partial charge is 0.129 e. The lowest BCUT2D eigenvalue weighted by molar-refractivity contribution is 0.146. The zero-order valence-corrected chi connectivity index (χ0v) is 16.0. The summed E-state index contributed by atoms with van der Waals surface area (Å²) in [6.45, 7) is 8.35. The van der Waals surface area contributed by atoms with Crippen molar-refractivity contribution in [3.05, 3.63) is 60.5 Å². The molecule has 0 amide bonds. The third kappa shape index (κ3) is 4.85. The van der Waals surface area contributed by atoms with Gasteiger partial charge in [-0.3, -0.25) is 0 Å². The van der Waals surface area contributed by atoms with E-state index >= 15 is 0 Å². The highest BCUT2D eigenvalue weighted by Gasteiger charge is 2.30. The Morgan fingerprint density at radius 3 is 2.19 bits per heavy atom. The Balaban J connectivity index is 1.51. The van der Waals surface area contributed by atoms with Gasteiger partial charge in [0.2, 0.25) is 0 Å². The number of benzene rings is 1. The summed E-state index contributed by atoms with van der Waals surface area (Å²) < 4.78 is 19.7. The van der Waals surface area contributed by atoms with Gasteiger partial charge in [-0.15, -0.1) is 13.2 Å². The fourth-order valence-electron chi connectivity index (χ4n) is 4.96. The average Bonchev–Trinajstić information content (AvgIpc) is 2.69. The van der Waals surface area contributed by atoms with Crippen molar-refractivity contribution in [2.24, 2.45) is 17.8 Å². The van der Waals surface area contributed by atoms with E-state index in [1.54, 1.807) is 12.1 Å². The maximum atomic E-state index is 14.4. The Bertz CT molecular complexity index is 592. The van der Waals surface area contributed by atoms with E-state index in [2.05, 4.69) is 25.3 Å². The predicted octanol–water partition coefficient (Wildman–Crippen LogP) is 6.79. The van der Waals surface area contributed by atoms with Gasteiger partial charge in [-0.05, 0) is 86.7 Å². The zero-order chi connectivity index (χ0) is 18.4. The van der Waals surface area contributed by atoms with Gasteiger partial charge in [0.15, 0.2) is 0 Å². The second-order valence-corrected chi connectivity index (χ2v) is 8.18. The second-order valence-electron chi connectivity index (χ2n) is 8.18. The first kappa shape index (κ1) is 19.4. The topological polar surface area (TPSA) is 9.23 Å². The van der Waals surface area contributed by atoms with Gasteiger partial charge in [0.05, 0.1) is 13.2 Å². The summed E-state index contributed by atoms with van der Waals surface area (Å²) in [7, 11) is 0. The zero-order valence-electron chi connectivity index (χ0n) is 16.0. The van der Waals surface area contributed by atoms with E-state index in [4.69, 9.17) is 4.74 Å². The molecule has 2 heteroatoms. The molecular formula is C24H33FO. The summed E-state index contributed by atoms with van der Waals surface area (Å²) in [4.78, 5) is 0. The summed E-state index contributed by atoms with van der Waals surface area (Å²) in [5, 5.41) is 0. The molecule has 0 atom stereocenters. The number of halogens is 1. The van der Waals surface area contributed by atoms with E-state index in [9.17, 15) is 4.39 Å². The molecule has 26 heavy (non-hydrogen) atoms. The highest BCUT2D eigenvalue weighted by molar-refractivity contribution is 5.27. The molecular weight excluding hydrogens is 323 g/mol. The Morgan fingerprint density at radius 1 is 0.962 bits per heavy atom. The normalized spacial score (nSPS) is 29.3. The van der Waals surface area contributed by atoms with Crippen molar-refractivity contribution in [3.8, 4) is 0 Å². The molecule has 0 aromatic heterocycles. The van der Waals surface area contributed by atoms with Crippen LogP contribution in [0, 0.1) is 23.6 Å². The van der Waals surface area contributed by atoms with E-state index in [1.807, 2.05) is 6.07 Å². The van der Waals surface area contributed by atoms with Gasteiger partial charge in [-0.25, -0.2) is 4.39 Å². The van der Waals surface area contributed by atoms with Crippen molar-refractivity contribution in [1.82, 2.24) is 0 Å². The van der Waals surface area contributed by atoms with Crippen LogP contribution in [0.1, 0.15) is 68.4 Å². The van der Waals surface area contributed by atoms with Gasteiger partial charge in [-0.1, -0.05) is 24.3 Å². The van der Waals surface area contributed by atoms with Crippen LogP contribution in [0.5, 0.6) is 0 Å². The molecule has 0 heterocycles. The first-order chi connectivity index (χ1) is 12.7. The fraction of sp³-hybridized carbons (Fsp3) is 0.583. The maximum absolute atomic E-state index is 14.4. The lowest BCUT2D eigenvalue weighted by atomic mass is 9.68. The molecule has 2 aliphatic rings. The minimum atomic E-state index is -0.128. The number of rotatable bonds is 7. The van der Waals surface area contributed by atoms with Crippen LogP contribution in [-0.2, 0) is 11.3 Å². The second kappa shape index (κ2) is 9.50. The molecule has 3 rings (SSSR count). The molecule has 1 nitrogen and oxygen atoms in total. The first-order valence-corrected chi connectivity index (χ1v) is 10.3. The minimum absolute atomic E-state index is 0.128. The lowest BCUT2D eigenvalue weighted by Gasteiger charge is -2.37. The summed E-state index contributed by atoms with van der Waals surface area (Å²) in [6.07, 6.45) is 14.3. The van der Waals surface area contributed by atoms with Crippen molar-refractivity contribution in [2.75, 3.05) is 6.61 Å². The molecule has 1 aromatic carbocycles. The standard InChI is InChI=1S/C24H33FO/c1-3-15-26-17-23-14-13-22(16-24(23)25)21-11-9-20(10-12-21)19-7-5-18(4-2)6-8-19/h3-4,13-14,16,18-21H,1-2,5-12,15,17H2. The van der Waals surface area contributed by atoms with Crippen molar-refractivity contribution >= 4 is 0 Å². The quantitative estimate of drug-likeness (QED) is 0.386. The van der Waals surface area contributed by atoms with E-state index in [1.165, 1.54) is 56.9 Å². The Morgan fingerprint density at radius 2 is 1.62 bits per heavy atom. The molecule has 2 fully saturated rings. The molecule has 2 aliphatic carbocycles. The molecule has 0 bridgehead atoms. The monoisotopic (exact) mass is 356 g/mol. The summed E-state index contributed by atoms with van der Waals surface area (Å²) in [6, 6.07) is 5.75. The molecule has 1 aromatic rings. The van der Waals surface area contributed by atoms with Gasteiger partial charge in [0.1, 0.15) is 5.82 Å². The van der Waals surface area contributed by atoms with Crippen molar-refractivity contribution in [2.45, 2.75) is 63.9 Å². The largest absolute Gasteiger partial charge is 0.373 e. The molecule has 0 aliphatic heterocycles. The van der Waals surface area contributed by atoms with E-state index < -0.39 is 0 Å². The van der Waals surface area contributed by atoms with Gasteiger partial charge < -0.3 is 4.74 Å². The lowest BCUT2D eigenvalue weighted by Crippen LogP contribution is -2.25. The molecule has 0 N–H and O–H groups in total. The fourth-order valence-corrected chi connectivity index (χ4v) is 4.96. The van der Waals surface area contributed by atoms with Crippen molar-refractivity contribution in [1.29, 1.82) is 0 Å². The van der Waals surface area contributed by atoms with E-state index in [0.717, 1.165) is 17.8 Å². The van der Waals surface area contributed by atoms with Crippen LogP contribution in [0.4, 0.5) is 4.39 Å². The summed E-state index contributed by atoms with van der Waals surface area (Å²) >= 11 is 0. The van der Waals surface area contributed by atoms with Crippen LogP contribution < -0.4 is 0 Å². The number of ether oxygens (including phenoxy) is 1. The van der Waals surface area contributed by atoms with Crippen molar-refractivity contribution in [3.63, 3.8) is 0 Å². The SMILES string of the molecule is C=CCOCc1ccc(C2CCC(C3CCC(C=C)CC3)CC2)cc1F. The molecule has 2 saturated carbocycles. The van der Waals surface area contributed by atoms with E-state index in [-0.39, 0.29) is 5.82 Å². The van der Waals surface area contributed by atoms with Crippen LogP contribution in [0.2, 0.25) is 0 Å². The summed E-state index contributed by atoms with van der Waals surface area (Å²) in [5.41, 5.74) is 1.81.